The van der Waals surface area contributed by atoms with Crippen LogP contribution in [0.3, 0.4) is 0 Å². The van der Waals surface area contributed by atoms with E-state index in [-0.39, 0.29) is 11.7 Å². The van der Waals surface area contributed by atoms with Gasteiger partial charge in [-0.2, -0.15) is 0 Å². The lowest BCUT2D eigenvalue weighted by atomic mass is 10.1. The predicted octanol–water partition coefficient (Wildman–Crippen LogP) is 4.19. The minimum absolute atomic E-state index is 0.0177. The number of aryl methyl sites for hydroxylation is 1. The Balaban J connectivity index is 2.03. The molecule has 0 aliphatic heterocycles. The van der Waals surface area contributed by atoms with E-state index in [4.69, 9.17) is 0 Å². The van der Waals surface area contributed by atoms with Gasteiger partial charge in [-0.15, -0.1) is 0 Å². The monoisotopic (exact) mass is 349 g/mol. The molecule has 0 spiro atoms. The Morgan fingerprint density at radius 1 is 1.33 bits per heavy atom. The summed E-state index contributed by atoms with van der Waals surface area (Å²) in [6, 6.07) is 10.3. The average molecular weight is 350 g/mol. The van der Waals surface area contributed by atoms with Gasteiger partial charge in [-0.1, -0.05) is 30.3 Å². The molecule has 110 valence electrons. The highest BCUT2D eigenvalue weighted by Crippen LogP contribution is 2.31. The first kappa shape index (κ1) is 15.4. The summed E-state index contributed by atoms with van der Waals surface area (Å²) >= 11 is 3.31. The Bertz CT molecular complexity index is 620. The van der Waals surface area contributed by atoms with Crippen molar-refractivity contribution in [3.05, 3.63) is 62.9 Å². The third-order valence-electron chi connectivity index (χ3n) is 3.18. The zero-order valence-electron chi connectivity index (χ0n) is 11.6. The topological polar surface area (TPSA) is 68.1 Å². The maximum Gasteiger partial charge on any atom is 0.311 e. The van der Waals surface area contributed by atoms with E-state index in [1.807, 2.05) is 25.1 Å². The van der Waals surface area contributed by atoms with Crippen molar-refractivity contribution in [1.29, 1.82) is 0 Å². The van der Waals surface area contributed by atoms with Crippen LogP contribution in [-0.2, 0) is 6.42 Å². The van der Waals surface area contributed by atoms with Crippen molar-refractivity contribution in [3.8, 4) is 0 Å². The molecule has 1 atom stereocenters. The van der Waals surface area contributed by atoms with Crippen molar-refractivity contribution >= 4 is 27.3 Å². The van der Waals surface area contributed by atoms with Crippen LogP contribution in [0, 0.1) is 10.1 Å². The molecule has 0 saturated carbocycles. The number of benzene rings is 1. The highest BCUT2D eigenvalue weighted by molar-refractivity contribution is 9.10. The molecule has 0 amide bonds. The summed E-state index contributed by atoms with van der Waals surface area (Å²) in [6.45, 7) is 2.01. The molecule has 0 aliphatic rings. The van der Waals surface area contributed by atoms with Crippen molar-refractivity contribution < 1.29 is 4.92 Å². The molecule has 21 heavy (non-hydrogen) atoms. The van der Waals surface area contributed by atoms with E-state index in [2.05, 4.69) is 38.4 Å². The molecule has 6 heteroatoms. The SMILES string of the molecule is CC(CCc1ccccc1)Nc1c(Br)cncc1[N+](=O)[O-]. The molecule has 0 saturated heterocycles. The number of anilines is 1. The van der Waals surface area contributed by atoms with Crippen LogP contribution < -0.4 is 5.32 Å². The van der Waals surface area contributed by atoms with Crippen molar-refractivity contribution in [2.45, 2.75) is 25.8 Å². The smallest absolute Gasteiger partial charge is 0.311 e. The van der Waals surface area contributed by atoms with Crippen LogP contribution in [0.25, 0.3) is 0 Å². The van der Waals surface area contributed by atoms with E-state index in [0.29, 0.717) is 10.2 Å². The quantitative estimate of drug-likeness (QED) is 0.627. The van der Waals surface area contributed by atoms with E-state index in [9.17, 15) is 10.1 Å². The first-order chi connectivity index (χ1) is 10.1. The lowest BCUT2D eigenvalue weighted by Gasteiger charge is -2.16. The minimum Gasteiger partial charge on any atom is -0.376 e. The highest BCUT2D eigenvalue weighted by Gasteiger charge is 2.18. The van der Waals surface area contributed by atoms with Crippen LogP contribution in [0.4, 0.5) is 11.4 Å². The van der Waals surface area contributed by atoms with Gasteiger partial charge in [-0.3, -0.25) is 15.1 Å². The Morgan fingerprint density at radius 3 is 2.71 bits per heavy atom. The normalized spacial score (nSPS) is 11.9. The largest absolute Gasteiger partial charge is 0.376 e. The Labute approximate surface area is 131 Å². The van der Waals surface area contributed by atoms with Crippen molar-refractivity contribution in [2.24, 2.45) is 0 Å². The molecule has 2 aromatic rings. The fraction of sp³-hybridized carbons (Fsp3) is 0.267. The van der Waals surface area contributed by atoms with Crippen LogP contribution in [-0.4, -0.2) is 15.9 Å². The van der Waals surface area contributed by atoms with Crippen LogP contribution >= 0.6 is 15.9 Å². The molecule has 1 unspecified atom stereocenters. The molecule has 0 radical (unpaired) electrons. The van der Waals surface area contributed by atoms with Gasteiger partial charge in [-0.05, 0) is 41.3 Å². The zero-order valence-corrected chi connectivity index (χ0v) is 13.2. The minimum atomic E-state index is -0.427. The van der Waals surface area contributed by atoms with Gasteiger partial charge in [0, 0.05) is 12.2 Å². The van der Waals surface area contributed by atoms with Crippen LogP contribution in [0.2, 0.25) is 0 Å². The molecule has 5 nitrogen and oxygen atoms in total. The number of nitro groups is 1. The second-order valence-corrected chi connectivity index (χ2v) is 5.70. The van der Waals surface area contributed by atoms with Gasteiger partial charge in [0.2, 0.25) is 0 Å². The Kier molecular flexibility index (Phi) is 5.27. The third kappa shape index (κ3) is 4.26. The standard InChI is InChI=1S/C15H16BrN3O2/c1-11(7-8-12-5-3-2-4-6-12)18-15-13(16)9-17-10-14(15)19(20)21/h2-6,9-11H,7-8H2,1H3,(H,17,18). The number of aromatic nitrogens is 1. The van der Waals surface area contributed by atoms with Gasteiger partial charge < -0.3 is 5.32 Å². The summed E-state index contributed by atoms with van der Waals surface area (Å²) in [6.07, 6.45) is 4.62. The highest BCUT2D eigenvalue weighted by atomic mass is 79.9. The van der Waals surface area contributed by atoms with Gasteiger partial charge in [0.15, 0.2) is 0 Å². The number of hydrogen-bond acceptors (Lipinski definition) is 4. The predicted molar refractivity (Wildman–Crippen MR) is 86.4 cm³/mol. The number of hydrogen-bond donors (Lipinski definition) is 1. The summed E-state index contributed by atoms with van der Waals surface area (Å²) in [7, 11) is 0. The van der Waals surface area contributed by atoms with Crippen molar-refractivity contribution in [1.82, 2.24) is 4.98 Å². The molecule has 1 N–H and O–H groups in total. The Hall–Kier alpha value is -1.95. The summed E-state index contributed by atoms with van der Waals surface area (Å²) in [5.41, 5.74) is 1.72. The van der Waals surface area contributed by atoms with Crippen molar-refractivity contribution in [3.63, 3.8) is 0 Å². The summed E-state index contributed by atoms with van der Waals surface area (Å²) in [5, 5.41) is 14.2. The average Bonchev–Trinajstić information content (AvgIpc) is 2.48. The zero-order chi connectivity index (χ0) is 15.2. The molecule has 1 aromatic carbocycles. The van der Waals surface area contributed by atoms with Crippen LogP contribution in [0.15, 0.2) is 47.2 Å². The lowest BCUT2D eigenvalue weighted by Crippen LogP contribution is -2.17. The second-order valence-electron chi connectivity index (χ2n) is 4.84. The third-order valence-corrected chi connectivity index (χ3v) is 3.78. The Morgan fingerprint density at radius 2 is 2.05 bits per heavy atom. The molecule has 1 heterocycles. The van der Waals surface area contributed by atoms with E-state index < -0.39 is 4.92 Å². The molecule has 1 aromatic heterocycles. The van der Waals surface area contributed by atoms with E-state index in [1.54, 1.807) is 6.20 Å². The maximum absolute atomic E-state index is 11.0. The van der Waals surface area contributed by atoms with E-state index in [0.717, 1.165) is 12.8 Å². The number of nitrogens with one attached hydrogen (secondary N) is 1. The van der Waals surface area contributed by atoms with E-state index >= 15 is 0 Å². The number of halogens is 1. The first-order valence-electron chi connectivity index (χ1n) is 6.66. The number of nitrogens with zero attached hydrogens (tertiary/aromatic N) is 2. The summed E-state index contributed by atoms with van der Waals surface area (Å²) in [5.74, 6) is 0. The maximum atomic E-state index is 11.0. The molecule has 2 rings (SSSR count). The second kappa shape index (κ2) is 7.17. The fourth-order valence-corrected chi connectivity index (χ4v) is 2.49. The van der Waals surface area contributed by atoms with Crippen LogP contribution in [0.1, 0.15) is 18.9 Å². The summed E-state index contributed by atoms with van der Waals surface area (Å²) in [4.78, 5) is 14.5. The lowest BCUT2D eigenvalue weighted by molar-refractivity contribution is -0.384. The van der Waals surface area contributed by atoms with Crippen LogP contribution in [0.5, 0.6) is 0 Å². The molecular weight excluding hydrogens is 334 g/mol. The van der Waals surface area contributed by atoms with Gasteiger partial charge in [-0.25, -0.2) is 0 Å². The van der Waals surface area contributed by atoms with Gasteiger partial charge in [0.05, 0.1) is 9.40 Å². The molecule has 0 aliphatic carbocycles. The van der Waals surface area contributed by atoms with Gasteiger partial charge in [0.1, 0.15) is 11.9 Å². The first-order valence-corrected chi connectivity index (χ1v) is 7.45. The van der Waals surface area contributed by atoms with Gasteiger partial charge >= 0.3 is 5.69 Å². The number of rotatable bonds is 6. The van der Waals surface area contributed by atoms with Crippen molar-refractivity contribution in [2.75, 3.05) is 5.32 Å². The van der Waals surface area contributed by atoms with Gasteiger partial charge in [0.25, 0.3) is 0 Å². The molecular formula is C15H16BrN3O2. The fourth-order valence-electron chi connectivity index (χ4n) is 2.05. The number of pyridine rings is 1. The van der Waals surface area contributed by atoms with E-state index in [1.165, 1.54) is 11.8 Å². The molecule has 0 bridgehead atoms. The summed E-state index contributed by atoms with van der Waals surface area (Å²) < 4.78 is 0.600. The molecule has 0 fully saturated rings.